The molecule has 0 fully saturated rings. The Labute approximate surface area is 185 Å². The Morgan fingerprint density at radius 1 is 1.00 bits per heavy atom. The highest BCUT2D eigenvalue weighted by Gasteiger charge is 2.40. The van der Waals surface area contributed by atoms with E-state index in [0.29, 0.717) is 5.02 Å². The van der Waals surface area contributed by atoms with E-state index in [0.717, 1.165) is 5.56 Å². The van der Waals surface area contributed by atoms with E-state index >= 15 is 0 Å². The van der Waals surface area contributed by atoms with Crippen molar-refractivity contribution in [3.05, 3.63) is 93.3 Å². The smallest absolute Gasteiger partial charge is 0.450 e. The molecule has 0 aliphatic rings. The molecule has 0 radical (unpaired) electrons. The van der Waals surface area contributed by atoms with Crippen LogP contribution in [0.2, 0.25) is 5.02 Å². The summed E-state index contributed by atoms with van der Waals surface area (Å²) in [4.78, 5) is 13.1. The quantitative estimate of drug-likeness (QED) is 0.332. The molecule has 0 N–H and O–H groups in total. The third kappa shape index (κ3) is 4.29. The predicted octanol–water partition coefficient (Wildman–Crippen LogP) is 6.72. The lowest BCUT2D eigenvalue weighted by Crippen LogP contribution is -2.16. The van der Waals surface area contributed by atoms with E-state index < -0.39 is 22.9 Å². The highest BCUT2D eigenvalue weighted by atomic mass is 35.5. The minimum absolute atomic E-state index is 0.000963. The standard InChI is InChI=1S/C24H16ClF3O4/c1-30-19-5-3-2-4-17(19)21-22(29)18-11-10-16(12-20(18)32-23(21)24(26,27)28)31-13-14-6-8-15(25)9-7-14/h2-12H,13H2,1H3. The molecule has 0 atom stereocenters. The number of para-hydroxylation sites is 1. The van der Waals surface area contributed by atoms with E-state index in [2.05, 4.69) is 0 Å². The maximum Gasteiger partial charge on any atom is 0.450 e. The zero-order chi connectivity index (χ0) is 22.9. The van der Waals surface area contributed by atoms with Crippen LogP contribution in [0.1, 0.15) is 11.3 Å². The van der Waals surface area contributed by atoms with Crippen molar-refractivity contribution in [1.82, 2.24) is 0 Å². The topological polar surface area (TPSA) is 48.7 Å². The average molecular weight is 461 g/mol. The zero-order valence-corrected chi connectivity index (χ0v) is 17.5. The fraction of sp³-hybridized carbons (Fsp3) is 0.125. The molecule has 0 bridgehead atoms. The van der Waals surface area contributed by atoms with E-state index in [1.807, 2.05) is 0 Å². The minimum atomic E-state index is -4.90. The minimum Gasteiger partial charge on any atom is -0.496 e. The van der Waals surface area contributed by atoms with Crippen LogP contribution in [0.4, 0.5) is 13.2 Å². The SMILES string of the molecule is COc1ccccc1-c1c(C(F)(F)F)oc2cc(OCc3ccc(Cl)cc3)ccc2c1=O. The number of halogens is 4. The van der Waals surface area contributed by atoms with E-state index in [-0.39, 0.29) is 34.6 Å². The second-order valence-electron chi connectivity index (χ2n) is 6.91. The van der Waals surface area contributed by atoms with Crippen molar-refractivity contribution in [2.24, 2.45) is 0 Å². The summed E-state index contributed by atoms with van der Waals surface area (Å²) in [6.07, 6.45) is -4.90. The number of rotatable bonds is 5. The summed E-state index contributed by atoms with van der Waals surface area (Å²) in [6, 6.07) is 17.1. The summed E-state index contributed by atoms with van der Waals surface area (Å²) in [5.41, 5.74) is -0.821. The molecule has 0 saturated carbocycles. The summed E-state index contributed by atoms with van der Waals surface area (Å²) >= 11 is 5.85. The highest BCUT2D eigenvalue weighted by Crippen LogP contribution is 2.40. The molecule has 0 aliphatic heterocycles. The Morgan fingerprint density at radius 2 is 1.72 bits per heavy atom. The summed E-state index contributed by atoms with van der Waals surface area (Å²) in [6.45, 7) is 0.165. The molecule has 0 aliphatic carbocycles. The van der Waals surface area contributed by atoms with Crippen LogP contribution in [0, 0.1) is 0 Å². The molecular weight excluding hydrogens is 445 g/mol. The van der Waals surface area contributed by atoms with E-state index in [9.17, 15) is 18.0 Å². The number of hydrogen-bond donors (Lipinski definition) is 0. The lowest BCUT2D eigenvalue weighted by Gasteiger charge is -2.15. The van der Waals surface area contributed by atoms with Gasteiger partial charge in [-0.05, 0) is 35.9 Å². The van der Waals surface area contributed by atoms with E-state index in [4.69, 9.17) is 25.5 Å². The van der Waals surface area contributed by atoms with Gasteiger partial charge in [0.05, 0.1) is 18.1 Å². The van der Waals surface area contributed by atoms with Gasteiger partial charge in [0.2, 0.25) is 11.2 Å². The van der Waals surface area contributed by atoms with Gasteiger partial charge in [-0.1, -0.05) is 41.9 Å². The second kappa shape index (κ2) is 8.59. The van der Waals surface area contributed by atoms with Crippen molar-refractivity contribution in [2.75, 3.05) is 7.11 Å². The summed E-state index contributed by atoms with van der Waals surface area (Å²) in [5, 5.41) is 0.574. The molecule has 32 heavy (non-hydrogen) atoms. The van der Waals surface area contributed by atoms with Crippen molar-refractivity contribution < 1.29 is 27.1 Å². The Morgan fingerprint density at radius 3 is 2.41 bits per heavy atom. The van der Waals surface area contributed by atoms with Crippen molar-refractivity contribution in [1.29, 1.82) is 0 Å². The maximum atomic E-state index is 13.9. The second-order valence-corrected chi connectivity index (χ2v) is 7.34. The van der Waals surface area contributed by atoms with Crippen LogP contribution in [-0.2, 0) is 12.8 Å². The molecule has 3 aromatic carbocycles. The van der Waals surface area contributed by atoms with Crippen LogP contribution in [0.5, 0.6) is 11.5 Å². The molecule has 4 nitrogen and oxygen atoms in total. The van der Waals surface area contributed by atoms with Gasteiger partial charge in [-0.25, -0.2) is 0 Å². The Balaban J connectivity index is 1.81. The van der Waals surface area contributed by atoms with Crippen LogP contribution in [0.25, 0.3) is 22.1 Å². The zero-order valence-electron chi connectivity index (χ0n) is 16.7. The number of ether oxygens (including phenoxy) is 2. The molecule has 4 rings (SSSR count). The largest absolute Gasteiger partial charge is 0.496 e. The number of alkyl halides is 3. The number of benzene rings is 3. The third-order valence-corrected chi connectivity index (χ3v) is 5.07. The van der Waals surface area contributed by atoms with Crippen LogP contribution >= 0.6 is 11.6 Å². The van der Waals surface area contributed by atoms with Crippen molar-refractivity contribution in [2.45, 2.75) is 12.8 Å². The van der Waals surface area contributed by atoms with Crippen LogP contribution < -0.4 is 14.9 Å². The number of methoxy groups -OCH3 is 1. The lowest BCUT2D eigenvalue weighted by molar-refractivity contribution is -0.152. The number of hydrogen-bond acceptors (Lipinski definition) is 4. The third-order valence-electron chi connectivity index (χ3n) is 4.82. The lowest BCUT2D eigenvalue weighted by atomic mass is 10.0. The van der Waals surface area contributed by atoms with Crippen molar-refractivity contribution in [3.8, 4) is 22.6 Å². The molecule has 8 heteroatoms. The molecule has 0 spiro atoms. The predicted molar refractivity (Wildman–Crippen MR) is 115 cm³/mol. The van der Waals surface area contributed by atoms with Gasteiger partial charge in [-0.2, -0.15) is 13.2 Å². The molecule has 1 aromatic heterocycles. The Kier molecular flexibility index (Phi) is 5.84. The molecule has 0 saturated heterocycles. The van der Waals surface area contributed by atoms with Gasteiger partial charge >= 0.3 is 6.18 Å². The van der Waals surface area contributed by atoms with Gasteiger partial charge in [0.1, 0.15) is 23.7 Å². The summed E-state index contributed by atoms with van der Waals surface area (Å²) in [7, 11) is 1.32. The Bertz CT molecular complexity index is 1330. The molecule has 0 unspecified atom stereocenters. The van der Waals surface area contributed by atoms with Gasteiger partial charge in [0.15, 0.2) is 0 Å². The normalized spacial score (nSPS) is 11.5. The van der Waals surface area contributed by atoms with E-state index in [1.165, 1.54) is 43.5 Å². The molecule has 164 valence electrons. The molecular formula is C24H16ClF3O4. The van der Waals surface area contributed by atoms with Gasteiger partial charge in [-0.15, -0.1) is 0 Å². The van der Waals surface area contributed by atoms with Crippen molar-refractivity contribution in [3.63, 3.8) is 0 Å². The maximum absolute atomic E-state index is 13.9. The summed E-state index contributed by atoms with van der Waals surface area (Å²) < 4.78 is 57.6. The van der Waals surface area contributed by atoms with Crippen molar-refractivity contribution >= 4 is 22.6 Å². The summed E-state index contributed by atoms with van der Waals surface area (Å²) in [5.74, 6) is -1.00. The first-order valence-corrected chi connectivity index (χ1v) is 9.84. The first kappa shape index (κ1) is 21.8. The van der Waals surface area contributed by atoms with Crippen LogP contribution in [-0.4, -0.2) is 7.11 Å². The monoisotopic (exact) mass is 460 g/mol. The molecule has 1 heterocycles. The van der Waals surface area contributed by atoms with Gasteiger partial charge < -0.3 is 13.9 Å². The van der Waals surface area contributed by atoms with Gasteiger partial charge in [0, 0.05) is 16.7 Å². The fourth-order valence-electron chi connectivity index (χ4n) is 3.31. The van der Waals surface area contributed by atoms with E-state index in [1.54, 1.807) is 30.3 Å². The van der Waals surface area contributed by atoms with Gasteiger partial charge in [-0.3, -0.25) is 4.79 Å². The van der Waals surface area contributed by atoms with Gasteiger partial charge in [0.25, 0.3) is 0 Å². The molecule has 0 amide bonds. The Hall–Kier alpha value is -3.45. The first-order chi connectivity index (χ1) is 15.3. The molecule has 4 aromatic rings. The van der Waals surface area contributed by atoms with Crippen LogP contribution in [0.3, 0.4) is 0 Å². The fourth-order valence-corrected chi connectivity index (χ4v) is 3.43. The first-order valence-electron chi connectivity index (χ1n) is 9.46. The van der Waals surface area contributed by atoms with Crippen LogP contribution in [0.15, 0.2) is 75.9 Å². The average Bonchev–Trinajstić information content (AvgIpc) is 2.78. The highest BCUT2D eigenvalue weighted by molar-refractivity contribution is 6.30. The number of fused-ring (bicyclic) bond motifs is 1.